The molecule has 1 aliphatic carbocycles. The Morgan fingerprint density at radius 1 is 1.20 bits per heavy atom. The number of rotatable bonds is 2. The molecule has 1 saturated carbocycles. The molecule has 0 aromatic heterocycles. The number of halogens is 1. The zero-order chi connectivity index (χ0) is 14.2. The molecular weight excluding hydrogens is 255 g/mol. The number of esters is 1. The van der Waals surface area contributed by atoms with E-state index in [0.717, 1.165) is 42.0 Å². The number of benzene rings is 2. The molecular formula is C17H17FO2. The standard InChI is InChI=1S/C17H17FO2/c1-12(19)20-17(9-2-3-10-17)16-6-4-5-13-7-8-14(18)11-15(13)16/h4-8,11H,2-3,9-10H2,1H3. The molecule has 104 valence electrons. The maximum Gasteiger partial charge on any atom is 0.303 e. The third-order valence-electron chi connectivity index (χ3n) is 4.09. The maximum absolute atomic E-state index is 13.6. The predicted octanol–water partition coefficient (Wildman–Crippen LogP) is 4.31. The molecule has 3 rings (SSSR count). The highest BCUT2D eigenvalue weighted by atomic mass is 19.1. The Morgan fingerprint density at radius 2 is 1.95 bits per heavy atom. The SMILES string of the molecule is CC(=O)OC1(c2cccc3ccc(F)cc23)CCCC1. The number of fused-ring (bicyclic) bond motifs is 1. The van der Waals surface area contributed by atoms with E-state index in [1.807, 2.05) is 18.2 Å². The van der Waals surface area contributed by atoms with E-state index in [9.17, 15) is 9.18 Å². The number of ether oxygens (including phenoxy) is 1. The summed E-state index contributed by atoms with van der Waals surface area (Å²) in [4.78, 5) is 11.5. The lowest BCUT2D eigenvalue weighted by Gasteiger charge is -2.30. The van der Waals surface area contributed by atoms with Crippen molar-refractivity contribution in [2.45, 2.75) is 38.2 Å². The van der Waals surface area contributed by atoms with Gasteiger partial charge in [-0.2, -0.15) is 0 Å². The summed E-state index contributed by atoms with van der Waals surface area (Å²) in [7, 11) is 0. The molecule has 0 saturated heterocycles. The van der Waals surface area contributed by atoms with Crippen molar-refractivity contribution in [2.75, 3.05) is 0 Å². The van der Waals surface area contributed by atoms with Crippen LogP contribution in [0, 0.1) is 5.82 Å². The van der Waals surface area contributed by atoms with Gasteiger partial charge in [-0.15, -0.1) is 0 Å². The van der Waals surface area contributed by atoms with E-state index in [4.69, 9.17) is 4.74 Å². The minimum Gasteiger partial charge on any atom is -0.454 e. The second kappa shape index (κ2) is 4.89. The molecule has 0 atom stereocenters. The van der Waals surface area contributed by atoms with Crippen molar-refractivity contribution in [1.29, 1.82) is 0 Å². The lowest BCUT2D eigenvalue weighted by atomic mass is 9.87. The Hall–Kier alpha value is -1.90. The van der Waals surface area contributed by atoms with Crippen molar-refractivity contribution in [3.05, 3.63) is 47.8 Å². The van der Waals surface area contributed by atoms with Gasteiger partial charge < -0.3 is 4.74 Å². The molecule has 20 heavy (non-hydrogen) atoms. The lowest BCUT2D eigenvalue weighted by molar-refractivity contribution is -0.157. The fourth-order valence-electron chi connectivity index (χ4n) is 3.29. The molecule has 0 radical (unpaired) electrons. The summed E-state index contributed by atoms with van der Waals surface area (Å²) in [6.07, 6.45) is 3.67. The quantitative estimate of drug-likeness (QED) is 0.761. The van der Waals surface area contributed by atoms with Gasteiger partial charge in [0, 0.05) is 12.5 Å². The number of hydrogen-bond donors (Lipinski definition) is 0. The molecule has 2 aromatic rings. The van der Waals surface area contributed by atoms with Gasteiger partial charge in [-0.1, -0.05) is 24.3 Å². The van der Waals surface area contributed by atoms with Gasteiger partial charge in [0.1, 0.15) is 11.4 Å². The van der Waals surface area contributed by atoms with Gasteiger partial charge in [-0.05, 0) is 48.6 Å². The molecule has 2 aromatic carbocycles. The molecule has 0 aliphatic heterocycles. The van der Waals surface area contributed by atoms with E-state index in [-0.39, 0.29) is 11.8 Å². The van der Waals surface area contributed by atoms with Crippen LogP contribution in [0.15, 0.2) is 36.4 Å². The number of carbonyl (C=O) groups is 1. The van der Waals surface area contributed by atoms with Crippen molar-refractivity contribution in [1.82, 2.24) is 0 Å². The first-order chi connectivity index (χ1) is 9.61. The first-order valence-electron chi connectivity index (χ1n) is 6.99. The molecule has 2 nitrogen and oxygen atoms in total. The van der Waals surface area contributed by atoms with E-state index in [1.165, 1.54) is 19.1 Å². The van der Waals surface area contributed by atoms with Gasteiger partial charge in [0.15, 0.2) is 0 Å². The second-order valence-electron chi connectivity index (χ2n) is 5.47. The summed E-state index contributed by atoms with van der Waals surface area (Å²) in [5, 5.41) is 1.82. The minimum absolute atomic E-state index is 0.263. The fraction of sp³-hybridized carbons (Fsp3) is 0.353. The smallest absolute Gasteiger partial charge is 0.303 e. The second-order valence-corrected chi connectivity index (χ2v) is 5.47. The summed E-state index contributed by atoms with van der Waals surface area (Å²) >= 11 is 0. The highest BCUT2D eigenvalue weighted by Crippen LogP contribution is 2.44. The molecule has 0 N–H and O–H groups in total. The molecule has 1 aliphatic rings. The molecule has 0 heterocycles. The van der Waals surface area contributed by atoms with Crippen LogP contribution < -0.4 is 0 Å². The molecule has 0 unspecified atom stereocenters. The number of hydrogen-bond acceptors (Lipinski definition) is 2. The number of carbonyl (C=O) groups excluding carboxylic acids is 1. The first-order valence-corrected chi connectivity index (χ1v) is 6.99. The van der Waals surface area contributed by atoms with E-state index in [0.29, 0.717) is 0 Å². The Balaban J connectivity index is 2.20. The van der Waals surface area contributed by atoms with Crippen molar-refractivity contribution in [3.63, 3.8) is 0 Å². The molecule has 1 fully saturated rings. The zero-order valence-corrected chi connectivity index (χ0v) is 11.5. The van der Waals surface area contributed by atoms with Crippen molar-refractivity contribution >= 4 is 16.7 Å². The largest absolute Gasteiger partial charge is 0.454 e. The maximum atomic E-state index is 13.6. The van der Waals surface area contributed by atoms with E-state index in [2.05, 4.69) is 0 Å². The monoisotopic (exact) mass is 272 g/mol. The van der Waals surface area contributed by atoms with E-state index >= 15 is 0 Å². The van der Waals surface area contributed by atoms with Gasteiger partial charge >= 0.3 is 5.97 Å². The lowest BCUT2D eigenvalue weighted by Crippen LogP contribution is -2.28. The zero-order valence-electron chi connectivity index (χ0n) is 11.5. The molecule has 0 amide bonds. The van der Waals surface area contributed by atoms with Crippen LogP contribution in [-0.4, -0.2) is 5.97 Å². The average Bonchev–Trinajstić information content (AvgIpc) is 2.86. The normalized spacial score (nSPS) is 17.3. The summed E-state index contributed by atoms with van der Waals surface area (Å²) in [6, 6.07) is 10.6. The highest BCUT2D eigenvalue weighted by molar-refractivity contribution is 5.87. The van der Waals surface area contributed by atoms with E-state index < -0.39 is 5.60 Å². The van der Waals surface area contributed by atoms with Crippen LogP contribution in [0.5, 0.6) is 0 Å². The summed E-state index contributed by atoms with van der Waals surface area (Å²) in [5.41, 5.74) is 0.348. The highest BCUT2D eigenvalue weighted by Gasteiger charge is 2.39. The predicted molar refractivity (Wildman–Crippen MR) is 75.8 cm³/mol. The summed E-state index contributed by atoms with van der Waals surface area (Å²) in [5.74, 6) is -0.541. The van der Waals surface area contributed by atoms with Gasteiger partial charge in [-0.25, -0.2) is 4.39 Å². The van der Waals surface area contributed by atoms with Crippen molar-refractivity contribution in [2.24, 2.45) is 0 Å². The first kappa shape index (κ1) is 13.1. The van der Waals surface area contributed by atoms with Gasteiger partial charge in [0.05, 0.1) is 0 Å². The van der Waals surface area contributed by atoms with Crippen LogP contribution in [-0.2, 0) is 15.1 Å². The fourth-order valence-corrected chi connectivity index (χ4v) is 3.29. The Bertz CT molecular complexity index is 657. The van der Waals surface area contributed by atoms with Crippen LogP contribution in [0.2, 0.25) is 0 Å². The third kappa shape index (κ3) is 2.17. The van der Waals surface area contributed by atoms with E-state index in [1.54, 1.807) is 6.07 Å². The molecule has 3 heteroatoms. The van der Waals surface area contributed by atoms with Crippen LogP contribution in [0.1, 0.15) is 38.2 Å². The van der Waals surface area contributed by atoms with Crippen LogP contribution in [0.25, 0.3) is 10.8 Å². The van der Waals surface area contributed by atoms with Crippen LogP contribution >= 0.6 is 0 Å². The Morgan fingerprint density at radius 3 is 2.65 bits per heavy atom. The van der Waals surface area contributed by atoms with Gasteiger partial charge in [0.25, 0.3) is 0 Å². The van der Waals surface area contributed by atoms with Crippen molar-refractivity contribution in [3.8, 4) is 0 Å². The Labute approximate surface area is 117 Å². The Kier molecular flexibility index (Phi) is 3.20. The average molecular weight is 272 g/mol. The summed E-state index contributed by atoms with van der Waals surface area (Å²) < 4.78 is 19.3. The molecule has 0 spiro atoms. The topological polar surface area (TPSA) is 26.3 Å². The molecule has 0 bridgehead atoms. The van der Waals surface area contributed by atoms with Crippen molar-refractivity contribution < 1.29 is 13.9 Å². The minimum atomic E-state index is -0.584. The van der Waals surface area contributed by atoms with Crippen LogP contribution in [0.4, 0.5) is 4.39 Å². The van der Waals surface area contributed by atoms with Crippen LogP contribution in [0.3, 0.4) is 0 Å². The summed E-state index contributed by atoms with van der Waals surface area (Å²) in [6.45, 7) is 1.44. The van der Waals surface area contributed by atoms with Gasteiger partial charge in [0.2, 0.25) is 0 Å². The van der Waals surface area contributed by atoms with Gasteiger partial charge in [-0.3, -0.25) is 4.79 Å². The third-order valence-corrected chi connectivity index (χ3v) is 4.09.